The van der Waals surface area contributed by atoms with Crippen LogP contribution < -0.4 is 10.5 Å². The van der Waals surface area contributed by atoms with Crippen LogP contribution in [0.5, 0.6) is 0 Å². The van der Waals surface area contributed by atoms with Gasteiger partial charge in [0.2, 0.25) is 0 Å². The highest BCUT2D eigenvalue weighted by molar-refractivity contribution is 7.92. The molecule has 0 saturated carbocycles. The number of hydrogen-bond donors (Lipinski definition) is 1. The van der Waals surface area contributed by atoms with E-state index < -0.39 is 20.7 Å². The summed E-state index contributed by atoms with van der Waals surface area (Å²) in [5, 5.41) is 11.0. The van der Waals surface area contributed by atoms with E-state index in [1.54, 1.807) is 6.92 Å². The molecule has 0 bridgehead atoms. The van der Waals surface area contributed by atoms with Crippen LogP contribution in [-0.2, 0) is 16.6 Å². The fraction of sp³-hybridized carbons (Fsp3) is 0.188. The zero-order chi connectivity index (χ0) is 19.1. The predicted octanol–water partition coefficient (Wildman–Crippen LogP) is 2.63. The van der Waals surface area contributed by atoms with Crippen molar-refractivity contribution in [2.75, 3.05) is 4.72 Å². The van der Waals surface area contributed by atoms with Crippen molar-refractivity contribution >= 4 is 32.5 Å². The Hall–Kier alpha value is -3.14. The Bertz CT molecular complexity index is 1180. The summed E-state index contributed by atoms with van der Waals surface area (Å²) in [6.07, 6.45) is 0. The summed E-state index contributed by atoms with van der Waals surface area (Å²) in [5.74, 6) is -0.570. The molecule has 136 valence electrons. The maximum atomic E-state index is 12.6. The molecule has 0 unspecified atom stereocenters. The van der Waals surface area contributed by atoms with Crippen LogP contribution in [0.1, 0.15) is 12.5 Å². The van der Waals surface area contributed by atoms with Gasteiger partial charge in [-0.3, -0.25) is 19.4 Å². The number of anilines is 1. The van der Waals surface area contributed by atoms with Crippen molar-refractivity contribution in [3.8, 4) is 0 Å². The first-order valence-corrected chi connectivity index (χ1v) is 9.13. The Kier molecular flexibility index (Phi) is 4.28. The molecule has 0 aliphatic carbocycles. The largest absolute Gasteiger partial charge is 0.419 e. The number of benzene rings is 2. The molecule has 0 amide bonds. The molecule has 9 nitrogen and oxygen atoms in total. The summed E-state index contributed by atoms with van der Waals surface area (Å²) in [6.45, 7) is 3.62. The molecule has 3 rings (SSSR count). The third-order valence-corrected chi connectivity index (χ3v) is 5.38. The second-order valence-corrected chi connectivity index (χ2v) is 7.24. The molecule has 0 radical (unpaired) electrons. The molecule has 2 aromatic carbocycles. The zero-order valence-electron chi connectivity index (χ0n) is 13.9. The van der Waals surface area contributed by atoms with Crippen LogP contribution >= 0.6 is 0 Å². The van der Waals surface area contributed by atoms with Crippen LogP contribution in [0.15, 0.2) is 50.5 Å². The minimum absolute atomic E-state index is 0.104. The van der Waals surface area contributed by atoms with Crippen molar-refractivity contribution in [2.24, 2.45) is 0 Å². The van der Waals surface area contributed by atoms with E-state index in [1.165, 1.54) is 47.9 Å². The number of hydrogen-bond acceptors (Lipinski definition) is 6. The van der Waals surface area contributed by atoms with Crippen molar-refractivity contribution in [2.45, 2.75) is 25.3 Å². The Morgan fingerprint density at radius 1 is 1.27 bits per heavy atom. The lowest BCUT2D eigenvalue weighted by molar-refractivity contribution is -0.385. The molecule has 1 aromatic heterocycles. The number of rotatable bonds is 5. The fourth-order valence-corrected chi connectivity index (χ4v) is 3.79. The molecular weight excluding hydrogens is 362 g/mol. The number of nitrogens with zero attached hydrogens (tertiary/aromatic N) is 2. The first kappa shape index (κ1) is 17.7. The van der Waals surface area contributed by atoms with E-state index in [1.807, 2.05) is 0 Å². The Balaban J connectivity index is 2.04. The van der Waals surface area contributed by atoms with Crippen molar-refractivity contribution in [3.63, 3.8) is 0 Å². The first-order chi connectivity index (χ1) is 12.2. The molecule has 0 aliphatic heterocycles. The second kappa shape index (κ2) is 6.30. The van der Waals surface area contributed by atoms with Gasteiger partial charge in [-0.25, -0.2) is 13.2 Å². The summed E-state index contributed by atoms with van der Waals surface area (Å²) < 4.78 is 34.1. The van der Waals surface area contributed by atoms with Crippen LogP contribution in [0.3, 0.4) is 0 Å². The minimum atomic E-state index is -4.02. The lowest BCUT2D eigenvalue weighted by atomic mass is 10.2. The standard InChI is InChI=1S/C16H15N3O6S/c1-3-18-14-8-7-11(9-15(14)25-16(18)20)26(23,24)17-12-5-4-6-13(10(12)2)19(21)22/h4-9,17H,3H2,1-2H3. The van der Waals surface area contributed by atoms with E-state index in [9.17, 15) is 23.3 Å². The Labute approximate surface area is 148 Å². The van der Waals surface area contributed by atoms with Crippen LogP contribution in [0, 0.1) is 17.0 Å². The van der Waals surface area contributed by atoms with Gasteiger partial charge < -0.3 is 4.42 Å². The van der Waals surface area contributed by atoms with E-state index in [0.717, 1.165) is 0 Å². The Morgan fingerprint density at radius 2 is 2.00 bits per heavy atom. The summed E-state index contributed by atoms with van der Waals surface area (Å²) in [4.78, 5) is 22.0. The highest BCUT2D eigenvalue weighted by atomic mass is 32.2. The fourth-order valence-electron chi connectivity index (χ4n) is 2.65. The van der Waals surface area contributed by atoms with Crippen molar-refractivity contribution < 1.29 is 17.8 Å². The zero-order valence-corrected chi connectivity index (χ0v) is 14.7. The highest BCUT2D eigenvalue weighted by Gasteiger charge is 2.21. The van der Waals surface area contributed by atoms with Gasteiger partial charge in [0.1, 0.15) is 0 Å². The number of nitrogens with one attached hydrogen (secondary N) is 1. The lowest BCUT2D eigenvalue weighted by Gasteiger charge is -2.10. The van der Waals surface area contributed by atoms with E-state index in [-0.39, 0.29) is 27.4 Å². The number of aromatic nitrogens is 1. The van der Waals surface area contributed by atoms with Gasteiger partial charge in [0.05, 0.1) is 26.6 Å². The number of nitro benzene ring substituents is 1. The van der Waals surface area contributed by atoms with Gasteiger partial charge in [-0.15, -0.1) is 0 Å². The van der Waals surface area contributed by atoms with E-state index in [2.05, 4.69) is 4.72 Å². The van der Waals surface area contributed by atoms with Crippen molar-refractivity contribution in [1.29, 1.82) is 0 Å². The van der Waals surface area contributed by atoms with Crippen molar-refractivity contribution in [3.05, 3.63) is 62.6 Å². The molecule has 26 heavy (non-hydrogen) atoms. The predicted molar refractivity (Wildman–Crippen MR) is 94.8 cm³/mol. The third-order valence-electron chi connectivity index (χ3n) is 4.01. The highest BCUT2D eigenvalue weighted by Crippen LogP contribution is 2.28. The molecule has 0 saturated heterocycles. The monoisotopic (exact) mass is 377 g/mol. The molecule has 1 N–H and O–H groups in total. The van der Waals surface area contributed by atoms with Crippen LogP contribution in [0.2, 0.25) is 0 Å². The van der Waals surface area contributed by atoms with Gasteiger partial charge in [-0.05, 0) is 32.0 Å². The number of sulfonamides is 1. The molecule has 1 heterocycles. The van der Waals surface area contributed by atoms with Crippen LogP contribution in [0.25, 0.3) is 11.1 Å². The Morgan fingerprint density at radius 3 is 2.65 bits per heavy atom. The third kappa shape index (κ3) is 2.94. The van der Waals surface area contributed by atoms with Gasteiger partial charge in [0.25, 0.3) is 15.7 Å². The van der Waals surface area contributed by atoms with Gasteiger partial charge in [0.15, 0.2) is 5.58 Å². The second-order valence-electron chi connectivity index (χ2n) is 5.55. The van der Waals surface area contributed by atoms with Gasteiger partial charge in [-0.2, -0.15) is 0 Å². The van der Waals surface area contributed by atoms with Gasteiger partial charge in [-0.1, -0.05) is 6.07 Å². The van der Waals surface area contributed by atoms with Gasteiger partial charge in [0, 0.05) is 18.7 Å². The summed E-state index contributed by atoms with van der Waals surface area (Å²) in [7, 11) is -4.02. The average molecular weight is 377 g/mol. The lowest BCUT2D eigenvalue weighted by Crippen LogP contribution is -2.14. The minimum Gasteiger partial charge on any atom is -0.408 e. The molecular formula is C16H15N3O6S. The number of aryl methyl sites for hydroxylation is 1. The molecule has 3 aromatic rings. The molecule has 0 aliphatic rings. The first-order valence-electron chi connectivity index (χ1n) is 7.65. The summed E-state index contributed by atoms with van der Waals surface area (Å²) in [6, 6.07) is 8.20. The summed E-state index contributed by atoms with van der Waals surface area (Å²) in [5.41, 5.74) is 0.753. The van der Waals surface area contributed by atoms with Gasteiger partial charge >= 0.3 is 5.76 Å². The van der Waals surface area contributed by atoms with Crippen LogP contribution in [-0.4, -0.2) is 17.9 Å². The van der Waals surface area contributed by atoms with E-state index in [4.69, 9.17) is 4.42 Å². The van der Waals surface area contributed by atoms with Crippen LogP contribution in [0.4, 0.5) is 11.4 Å². The average Bonchev–Trinajstić information content (AvgIpc) is 2.90. The molecule has 0 fully saturated rings. The van der Waals surface area contributed by atoms with Crippen molar-refractivity contribution in [1.82, 2.24) is 4.57 Å². The number of oxazole rings is 1. The molecule has 10 heteroatoms. The SMILES string of the molecule is CCn1c(=O)oc2cc(S(=O)(=O)Nc3cccc([N+](=O)[O-])c3C)ccc21. The maximum Gasteiger partial charge on any atom is 0.419 e. The molecule has 0 atom stereocenters. The number of nitro groups is 1. The summed E-state index contributed by atoms with van der Waals surface area (Å²) >= 11 is 0. The maximum absolute atomic E-state index is 12.6. The number of fused-ring (bicyclic) bond motifs is 1. The van der Waals surface area contributed by atoms with E-state index >= 15 is 0 Å². The quantitative estimate of drug-likeness (QED) is 0.538. The molecule has 0 spiro atoms. The van der Waals surface area contributed by atoms with E-state index in [0.29, 0.717) is 12.1 Å². The topological polar surface area (TPSA) is 124 Å². The normalized spacial score (nSPS) is 11.6. The smallest absolute Gasteiger partial charge is 0.408 e.